The normalized spacial score (nSPS) is 12.6. The van der Waals surface area contributed by atoms with Crippen molar-refractivity contribution >= 4 is 16.9 Å². The summed E-state index contributed by atoms with van der Waals surface area (Å²) in [5, 5.41) is 10.0. The molecule has 1 atom stereocenters. The van der Waals surface area contributed by atoms with Crippen LogP contribution >= 0.6 is 0 Å². The maximum Gasteiger partial charge on any atom is 0.306 e. The minimum absolute atomic E-state index is 0.390. The number of carbonyl (C=O) groups is 1. The molecule has 0 saturated heterocycles. The Morgan fingerprint density at radius 2 is 2.22 bits per heavy atom. The van der Waals surface area contributed by atoms with Gasteiger partial charge < -0.3 is 14.8 Å². The van der Waals surface area contributed by atoms with E-state index in [1.54, 1.807) is 14.0 Å². The number of ether oxygens (including phenoxy) is 1. The number of H-pyrrole nitrogens is 1. The SMILES string of the molecule is COc1ccc2[nH]c(CC(C)C(=O)O)c(C)c2c1. The average molecular weight is 247 g/mol. The Labute approximate surface area is 106 Å². The smallest absolute Gasteiger partial charge is 0.306 e. The van der Waals surface area contributed by atoms with Crippen molar-refractivity contribution in [2.75, 3.05) is 7.11 Å². The van der Waals surface area contributed by atoms with E-state index in [0.29, 0.717) is 6.42 Å². The molecular weight excluding hydrogens is 230 g/mol. The summed E-state index contributed by atoms with van der Waals surface area (Å²) in [4.78, 5) is 14.2. The van der Waals surface area contributed by atoms with Crippen molar-refractivity contribution in [2.45, 2.75) is 20.3 Å². The number of methoxy groups -OCH3 is 1. The number of benzene rings is 1. The Bertz CT molecular complexity index is 586. The number of rotatable bonds is 4. The molecule has 1 aromatic heterocycles. The molecule has 0 bridgehead atoms. The van der Waals surface area contributed by atoms with Crippen LogP contribution in [0.3, 0.4) is 0 Å². The molecule has 2 rings (SSSR count). The second-order valence-electron chi connectivity index (χ2n) is 4.58. The highest BCUT2D eigenvalue weighted by atomic mass is 16.5. The number of carboxylic acid groups (broad SMARTS) is 1. The van der Waals surface area contributed by atoms with Gasteiger partial charge in [-0.2, -0.15) is 0 Å². The van der Waals surface area contributed by atoms with E-state index in [0.717, 1.165) is 27.9 Å². The number of aromatic amines is 1. The van der Waals surface area contributed by atoms with Crippen LogP contribution < -0.4 is 4.74 Å². The zero-order valence-corrected chi connectivity index (χ0v) is 10.8. The summed E-state index contributed by atoms with van der Waals surface area (Å²) >= 11 is 0. The predicted molar refractivity (Wildman–Crippen MR) is 70.1 cm³/mol. The summed E-state index contributed by atoms with van der Waals surface area (Å²) in [6, 6.07) is 5.81. The Balaban J connectivity index is 2.41. The van der Waals surface area contributed by atoms with Crippen molar-refractivity contribution in [1.82, 2.24) is 4.98 Å². The molecule has 1 heterocycles. The lowest BCUT2D eigenvalue weighted by molar-refractivity contribution is -0.141. The fraction of sp³-hybridized carbons (Fsp3) is 0.357. The summed E-state index contributed by atoms with van der Waals surface area (Å²) in [6.45, 7) is 3.72. The predicted octanol–water partition coefficient (Wildman–Crippen LogP) is 2.75. The second kappa shape index (κ2) is 4.72. The first-order valence-electron chi connectivity index (χ1n) is 5.91. The van der Waals surface area contributed by atoms with Gasteiger partial charge in [0.1, 0.15) is 5.75 Å². The molecule has 18 heavy (non-hydrogen) atoms. The molecule has 1 unspecified atom stereocenters. The van der Waals surface area contributed by atoms with Crippen LogP contribution in [0.1, 0.15) is 18.2 Å². The van der Waals surface area contributed by atoms with Gasteiger partial charge >= 0.3 is 5.97 Å². The van der Waals surface area contributed by atoms with Gasteiger partial charge in [0, 0.05) is 23.0 Å². The topological polar surface area (TPSA) is 62.3 Å². The average Bonchev–Trinajstić information content (AvgIpc) is 2.66. The van der Waals surface area contributed by atoms with Gasteiger partial charge in [-0.25, -0.2) is 0 Å². The lowest BCUT2D eigenvalue weighted by Gasteiger charge is -2.05. The maximum absolute atomic E-state index is 10.9. The quantitative estimate of drug-likeness (QED) is 0.873. The lowest BCUT2D eigenvalue weighted by Crippen LogP contribution is -2.12. The van der Waals surface area contributed by atoms with E-state index < -0.39 is 11.9 Å². The molecule has 0 saturated carbocycles. The molecule has 0 aliphatic rings. The fourth-order valence-corrected chi connectivity index (χ4v) is 2.09. The fourth-order valence-electron chi connectivity index (χ4n) is 2.09. The number of aliphatic carboxylic acids is 1. The molecule has 0 aliphatic heterocycles. The van der Waals surface area contributed by atoms with Crippen LogP contribution in [0.5, 0.6) is 5.75 Å². The zero-order chi connectivity index (χ0) is 13.3. The summed E-state index contributed by atoms with van der Waals surface area (Å²) in [6.07, 6.45) is 0.512. The van der Waals surface area contributed by atoms with Crippen molar-refractivity contribution in [3.63, 3.8) is 0 Å². The number of hydrogen-bond acceptors (Lipinski definition) is 2. The van der Waals surface area contributed by atoms with Crippen molar-refractivity contribution in [3.05, 3.63) is 29.5 Å². The van der Waals surface area contributed by atoms with Gasteiger partial charge in [-0.05, 0) is 30.7 Å². The highest BCUT2D eigenvalue weighted by Gasteiger charge is 2.16. The summed E-state index contributed by atoms with van der Waals surface area (Å²) < 4.78 is 5.20. The Morgan fingerprint density at radius 1 is 1.50 bits per heavy atom. The number of carboxylic acids is 1. The maximum atomic E-state index is 10.9. The Morgan fingerprint density at radius 3 is 2.83 bits per heavy atom. The zero-order valence-electron chi connectivity index (χ0n) is 10.8. The molecule has 0 aliphatic carbocycles. The van der Waals surface area contributed by atoms with E-state index in [2.05, 4.69) is 4.98 Å². The van der Waals surface area contributed by atoms with Crippen molar-refractivity contribution < 1.29 is 14.6 Å². The van der Waals surface area contributed by atoms with Gasteiger partial charge in [0.15, 0.2) is 0 Å². The van der Waals surface area contributed by atoms with E-state index in [9.17, 15) is 4.79 Å². The molecule has 0 fully saturated rings. The largest absolute Gasteiger partial charge is 0.497 e. The van der Waals surface area contributed by atoms with Gasteiger partial charge in [-0.3, -0.25) is 4.79 Å². The molecule has 2 N–H and O–H groups in total. The van der Waals surface area contributed by atoms with Gasteiger partial charge in [-0.1, -0.05) is 6.92 Å². The third-order valence-electron chi connectivity index (χ3n) is 3.30. The van der Waals surface area contributed by atoms with Crippen molar-refractivity contribution in [2.24, 2.45) is 5.92 Å². The third kappa shape index (κ3) is 2.18. The number of hydrogen-bond donors (Lipinski definition) is 2. The standard InChI is InChI=1S/C14H17NO3/c1-8(14(16)17)6-13-9(2)11-7-10(18-3)4-5-12(11)15-13/h4-5,7-8,15H,6H2,1-3H3,(H,16,17). The third-order valence-corrected chi connectivity index (χ3v) is 3.30. The van der Waals surface area contributed by atoms with E-state index in [4.69, 9.17) is 9.84 Å². The summed E-state index contributed by atoms with van der Waals surface area (Å²) in [7, 11) is 1.64. The summed E-state index contributed by atoms with van der Waals surface area (Å²) in [5.41, 5.74) is 3.09. The van der Waals surface area contributed by atoms with Crippen LogP contribution in [0.25, 0.3) is 10.9 Å². The molecular formula is C14H17NO3. The second-order valence-corrected chi connectivity index (χ2v) is 4.58. The first kappa shape index (κ1) is 12.5. The summed E-state index contributed by atoms with van der Waals surface area (Å²) in [5.74, 6) is -0.355. The first-order chi connectivity index (χ1) is 8.52. The highest BCUT2D eigenvalue weighted by molar-refractivity contribution is 5.86. The molecule has 96 valence electrons. The van der Waals surface area contributed by atoms with Gasteiger partial charge in [-0.15, -0.1) is 0 Å². The Hall–Kier alpha value is -1.97. The molecule has 4 nitrogen and oxygen atoms in total. The van der Waals surface area contributed by atoms with Gasteiger partial charge in [0.2, 0.25) is 0 Å². The molecule has 4 heteroatoms. The van der Waals surface area contributed by atoms with Gasteiger partial charge in [0.25, 0.3) is 0 Å². The lowest BCUT2D eigenvalue weighted by atomic mass is 10.0. The van der Waals surface area contributed by atoms with Crippen LogP contribution in [-0.2, 0) is 11.2 Å². The molecule has 1 aromatic carbocycles. The van der Waals surface area contributed by atoms with Crippen LogP contribution in [-0.4, -0.2) is 23.2 Å². The first-order valence-corrected chi connectivity index (χ1v) is 5.91. The number of aryl methyl sites for hydroxylation is 1. The van der Waals surface area contributed by atoms with E-state index in [1.807, 2.05) is 25.1 Å². The number of fused-ring (bicyclic) bond motifs is 1. The van der Waals surface area contributed by atoms with Crippen LogP contribution in [0.4, 0.5) is 0 Å². The van der Waals surface area contributed by atoms with Crippen LogP contribution in [0, 0.1) is 12.8 Å². The molecule has 0 amide bonds. The van der Waals surface area contributed by atoms with E-state index >= 15 is 0 Å². The number of nitrogens with one attached hydrogen (secondary N) is 1. The van der Waals surface area contributed by atoms with Crippen molar-refractivity contribution in [3.8, 4) is 5.75 Å². The molecule has 0 spiro atoms. The van der Waals surface area contributed by atoms with E-state index in [1.165, 1.54) is 0 Å². The van der Waals surface area contributed by atoms with Gasteiger partial charge in [0.05, 0.1) is 13.0 Å². The molecule has 2 aromatic rings. The van der Waals surface area contributed by atoms with Crippen LogP contribution in [0.2, 0.25) is 0 Å². The highest BCUT2D eigenvalue weighted by Crippen LogP contribution is 2.27. The Kier molecular flexibility index (Phi) is 3.28. The minimum Gasteiger partial charge on any atom is -0.497 e. The number of aromatic nitrogens is 1. The van der Waals surface area contributed by atoms with Crippen molar-refractivity contribution in [1.29, 1.82) is 0 Å². The monoisotopic (exact) mass is 247 g/mol. The van der Waals surface area contributed by atoms with Crippen LogP contribution in [0.15, 0.2) is 18.2 Å². The minimum atomic E-state index is -0.773. The van der Waals surface area contributed by atoms with E-state index in [-0.39, 0.29) is 0 Å². The molecule has 0 radical (unpaired) electrons.